The molecule has 0 unspecified atom stereocenters. The lowest BCUT2D eigenvalue weighted by Gasteiger charge is -2.11. The van der Waals surface area contributed by atoms with Crippen LogP contribution in [0.25, 0.3) is 22.0 Å². The summed E-state index contributed by atoms with van der Waals surface area (Å²) in [7, 11) is -1.76. The third-order valence-electron chi connectivity index (χ3n) is 5.18. The van der Waals surface area contributed by atoms with E-state index in [0.29, 0.717) is 28.8 Å². The number of hydrogen-bond acceptors (Lipinski definition) is 4. The normalized spacial score (nSPS) is 11.9. The van der Waals surface area contributed by atoms with Crippen molar-refractivity contribution in [3.05, 3.63) is 87.7 Å². The third-order valence-corrected chi connectivity index (χ3v) is 6.02. The van der Waals surface area contributed by atoms with Gasteiger partial charge >= 0.3 is 0 Å². The second-order valence-electron chi connectivity index (χ2n) is 7.86. The molecule has 0 aliphatic heterocycles. The second kappa shape index (κ2) is 7.77. The van der Waals surface area contributed by atoms with E-state index < -0.39 is 15.8 Å². The van der Waals surface area contributed by atoms with Crippen LogP contribution in [0.4, 0.5) is 4.39 Å². The predicted molar refractivity (Wildman–Crippen MR) is 119 cm³/mol. The number of halogens is 1. The Kier molecular flexibility index (Phi) is 5.26. The van der Waals surface area contributed by atoms with Crippen molar-refractivity contribution in [3.63, 3.8) is 0 Å². The van der Waals surface area contributed by atoms with E-state index in [1.165, 1.54) is 4.57 Å². The molecule has 0 amide bonds. The lowest BCUT2D eigenvalue weighted by molar-refractivity contribution is 0.549. The number of hydrogen-bond donors (Lipinski definition) is 0. The molecule has 0 aliphatic rings. The van der Waals surface area contributed by atoms with Crippen molar-refractivity contribution in [1.29, 1.82) is 0 Å². The van der Waals surface area contributed by atoms with Gasteiger partial charge in [0.05, 0.1) is 23.2 Å². The Balaban J connectivity index is 1.97. The fourth-order valence-electron chi connectivity index (χ4n) is 3.81. The van der Waals surface area contributed by atoms with Gasteiger partial charge in [-0.25, -0.2) is 8.42 Å². The predicted octanol–water partition coefficient (Wildman–Crippen LogP) is 3.44. The molecule has 31 heavy (non-hydrogen) atoms. The summed E-state index contributed by atoms with van der Waals surface area (Å²) in [4.78, 5) is 12.1. The highest BCUT2D eigenvalue weighted by atomic mass is 32.2. The lowest BCUT2D eigenvalue weighted by atomic mass is 10.0. The lowest BCUT2D eigenvalue weighted by Crippen LogP contribution is -2.18. The SMILES string of the molecule is Cc1cc(-c2cc(CS(C)(=O)=O)c3c(F)nn(Cc4ccccc4)c3c2)cn(C)c1=O. The number of aromatic nitrogens is 3. The molecule has 6 nitrogen and oxygen atoms in total. The Morgan fingerprint density at radius 3 is 2.42 bits per heavy atom. The highest BCUT2D eigenvalue weighted by Gasteiger charge is 2.20. The standard InChI is InChI=1S/C23H22FN3O3S/c1-15-9-18(13-26(2)23(15)28)17-10-19(14-31(3,29)30)21-20(11-17)27(25-22(21)24)12-16-7-5-4-6-8-16/h4-11,13H,12,14H2,1-3H3. The van der Waals surface area contributed by atoms with Gasteiger partial charge in [0, 0.05) is 25.1 Å². The smallest absolute Gasteiger partial charge is 0.253 e. The molecular formula is C23H22FN3O3S. The number of nitrogens with zero attached hydrogens (tertiary/aromatic N) is 3. The van der Waals surface area contributed by atoms with Crippen molar-refractivity contribution in [2.75, 3.05) is 6.26 Å². The quantitative estimate of drug-likeness (QED) is 0.478. The van der Waals surface area contributed by atoms with Crippen LogP contribution in [0.2, 0.25) is 0 Å². The fraction of sp³-hybridized carbons (Fsp3) is 0.217. The van der Waals surface area contributed by atoms with E-state index in [1.807, 2.05) is 30.3 Å². The molecule has 0 atom stereocenters. The van der Waals surface area contributed by atoms with Crippen LogP contribution in [0.15, 0.2) is 59.5 Å². The maximum atomic E-state index is 14.9. The molecule has 0 bridgehead atoms. The summed E-state index contributed by atoms with van der Waals surface area (Å²) in [5.74, 6) is -1.01. The van der Waals surface area contributed by atoms with Crippen molar-refractivity contribution < 1.29 is 12.8 Å². The van der Waals surface area contributed by atoms with Crippen LogP contribution >= 0.6 is 0 Å². The number of rotatable bonds is 5. The third kappa shape index (κ3) is 4.29. The number of aryl methyl sites for hydroxylation is 2. The minimum atomic E-state index is -3.42. The Morgan fingerprint density at radius 2 is 1.77 bits per heavy atom. The Hall–Kier alpha value is -3.26. The summed E-state index contributed by atoms with van der Waals surface area (Å²) in [6, 6.07) is 14.7. The average Bonchev–Trinajstić information content (AvgIpc) is 3.01. The van der Waals surface area contributed by atoms with Gasteiger partial charge in [0.2, 0.25) is 5.95 Å². The molecule has 0 radical (unpaired) electrons. The summed E-state index contributed by atoms with van der Waals surface area (Å²) < 4.78 is 42.0. The van der Waals surface area contributed by atoms with Gasteiger partial charge in [-0.3, -0.25) is 9.48 Å². The van der Waals surface area contributed by atoms with E-state index in [0.717, 1.165) is 17.4 Å². The zero-order valence-electron chi connectivity index (χ0n) is 17.5. The molecule has 160 valence electrons. The minimum absolute atomic E-state index is 0.110. The summed E-state index contributed by atoms with van der Waals surface area (Å²) in [6.45, 7) is 2.07. The first-order chi connectivity index (χ1) is 14.6. The maximum Gasteiger partial charge on any atom is 0.253 e. The zero-order valence-corrected chi connectivity index (χ0v) is 18.3. The fourth-order valence-corrected chi connectivity index (χ4v) is 4.61. The summed E-state index contributed by atoms with van der Waals surface area (Å²) in [5.41, 5.74) is 3.68. The molecule has 8 heteroatoms. The molecule has 2 aromatic carbocycles. The van der Waals surface area contributed by atoms with Crippen molar-refractivity contribution in [2.24, 2.45) is 7.05 Å². The van der Waals surface area contributed by atoms with Crippen LogP contribution in [0.5, 0.6) is 0 Å². The number of sulfone groups is 1. The molecule has 0 N–H and O–H groups in total. The van der Waals surface area contributed by atoms with Gasteiger partial charge in [0.15, 0.2) is 9.84 Å². The monoisotopic (exact) mass is 439 g/mol. The van der Waals surface area contributed by atoms with E-state index in [4.69, 9.17) is 0 Å². The van der Waals surface area contributed by atoms with Gasteiger partial charge in [0.1, 0.15) is 0 Å². The van der Waals surface area contributed by atoms with E-state index in [-0.39, 0.29) is 16.7 Å². The largest absolute Gasteiger partial charge is 0.318 e. The van der Waals surface area contributed by atoms with Crippen LogP contribution in [-0.4, -0.2) is 29.0 Å². The van der Waals surface area contributed by atoms with Crippen molar-refractivity contribution in [3.8, 4) is 11.1 Å². The van der Waals surface area contributed by atoms with Crippen LogP contribution in [0.3, 0.4) is 0 Å². The second-order valence-corrected chi connectivity index (χ2v) is 10.0. The summed E-state index contributed by atoms with van der Waals surface area (Å²) in [5, 5.41) is 4.26. The molecule has 0 saturated carbocycles. The van der Waals surface area contributed by atoms with Crippen molar-refractivity contribution in [1.82, 2.24) is 14.3 Å². The van der Waals surface area contributed by atoms with E-state index in [1.54, 1.807) is 43.0 Å². The minimum Gasteiger partial charge on any atom is -0.318 e. The molecular weight excluding hydrogens is 417 g/mol. The van der Waals surface area contributed by atoms with Crippen molar-refractivity contribution in [2.45, 2.75) is 19.2 Å². The summed E-state index contributed by atoms with van der Waals surface area (Å²) >= 11 is 0. The van der Waals surface area contributed by atoms with Gasteiger partial charge < -0.3 is 4.57 Å². The van der Waals surface area contributed by atoms with Gasteiger partial charge in [0.25, 0.3) is 5.56 Å². The number of pyridine rings is 1. The molecule has 0 spiro atoms. The van der Waals surface area contributed by atoms with Crippen LogP contribution in [-0.2, 0) is 29.2 Å². The molecule has 0 fully saturated rings. The average molecular weight is 440 g/mol. The maximum absolute atomic E-state index is 14.9. The Labute approximate surface area is 179 Å². The molecule has 2 aromatic heterocycles. The first-order valence-corrected chi connectivity index (χ1v) is 11.8. The highest BCUT2D eigenvalue weighted by Crippen LogP contribution is 2.31. The molecule has 4 rings (SSSR count). The zero-order chi connectivity index (χ0) is 22.3. The molecule has 0 saturated heterocycles. The molecule has 0 aliphatic carbocycles. The van der Waals surface area contributed by atoms with Gasteiger partial charge in [-0.2, -0.15) is 4.39 Å². The van der Waals surface area contributed by atoms with Crippen LogP contribution < -0.4 is 5.56 Å². The number of fused-ring (bicyclic) bond motifs is 1. The first kappa shape index (κ1) is 21.0. The Morgan fingerprint density at radius 1 is 1.06 bits per heavy atom. The Bertz CT molecular complexity index is 1430. The van der Waals surface area contributed by atoms with Gasteiger partial charge in [-0.05, 0) is 47.4 Å². The first-order valence-electron chi connectivity index (χ1n) is 9.70. The summed E-state index contributed by atoms with van der Waals surface area (Å²) in [6.07, 6.45) is 2.81. The molecule has 2 heterocycles. The molecule has 4 aromatic rings. The van der Waals surface area contributed by atoms with E-state index >= 15 is 0 Å². The van der Waals surface area contributed by atoms with Crippen molar-refractivity contribution >= 4 is 20.7 Å². The van der Waals surface area contributed by atoms with Gasteiger partial charge in [-0.1, -0.05) is 30.3 Å². The van der Waals surface area contributed by atoms with Crippen LogP contribution in [0.1, 0.15) is 16.7 Å². The van der Waals surface area contributed by atoms with Gasteiger partial charge in [-0.15, -0.1) is 5.10 Å². The highest BCUT2D eigenvalue weighted by molar-refractivity contribution is 7.89. The number of benzene rings is 2. The van der Waals surface area contributed by atoms with E-state index in [9.17, 15) is 17.6 Å². The topological polar surface area (TPSA) is 74.0 Å². The van der Waals surface area contributed by atoms with E-state index in [2.05, 4.69) is 5.10 Å². The van der Waals surface area contributed by atoms with Crippen LogP contribution in [0, 0.1) is 12.9 Å².